The molecule has 8 nitrogen and oxygen atoms in total. The second-order valence-corrected chi connectivity index (χ2v) is 5.52. The second kappa shape index (κ2) is 8.88. The summed E-state index contributed by atoms with van der Waals surface area (Å²) in [6.07, 6.45) is 1.49. The molecule has 8 heteroatoms. The largest absolute Gasteiger partial charge is 0.508 e. The fourth-order valence-electron chi connectivity index (χ4n) is 2.47. The molecule has 0 spiro atoms. The van der Waals surface area contributed by atoms with E-state index in [0.29, 0.717) is 25.8 Å². The number of carbonyl (C=O) groups is 3. The molecule has 0 aliphatic carbocycles. The van der Waals surface area contributed by atoms with E-state index in [-0.39, 0.29) is 11.7 Å². The smallest absolute Gasteiger partial charge is 0.326 e. The lowest BCUT2D eigenvalue weighted by Gasteiger charge is -2.24. The van der Waals surface area contributed by atoms with Gasteiger partial charge in [-0.3, -0.25) is 9.59 Å². The van der Waals surface area contributed by atoms with Gasteiger partial charge in [-0.25, -0.2) is 4.79 Å². The molecule has 0 saturated carbocycles. The summed E-state index contributed by atoms with van der Waals surface area (Å²) in [5.41, 5.74) is 6.71. The maximum atomic E-state index is 12.2. The van der Waals surface area contributed by atoms with Crippen LogP contribution in [0.3, 0.4) is 0 Å². The molecule has 1 amide bonds. The third-order valence-corrected chi connectivity index (χ3v) is 3.53. The molecule has 5 N–H and O–H groups in total. The summed E-state index contributed by atoms with van der Waals surface area (Å²) in [6.45, 7) is 1.53. The maximum absolute atomic E-state index is 12.2. The number of phenols is 1. The van der Waals surface area contributed by atoms with Gasteiger partial charge >= 0.3 is 5.97 Å². The Kier molecular flexibility index (Phi) is 7.19. The predicted molar refractivity (Wildman–Crippen MR) is 85.5 cm³/mol. The van der Waals surface area contributed by atoms with E-state index in [0.717, 1.165) is 12.5 Å². The van der Waals surface area contributed by atoms with E-state index in [1.165, 1.54) is 17.0 Å². The van der Waals surface area contributed by atoms with Crippen molar-refractivity contribution in [2.45, 2.75) is 38.3 Å². The molecule has 132 valence electrons. The Bertz CT molecular complexity index is 583. The molecule has 24 heavy (non-hydrogen) atoms. The number of amides is 1. The summed E-state index contributed by atoms with van der Waals surface area (Å²) >= 11 is 0. The average Bonchev–Trinajstić information content (AvgIpc) is 2.98. The van der Waals surface area contributed by atoms with E-state index in [9.17, 15) is 14.7 Å². The number of hydrogen-bond acceptors (Lipinski definition) is 5. The van der Waals surface area contributed by atoms with Crippen LogP contribution in [0.15, 0.2) is 24.3 Å². The first-order chi connectivity index (χ1) is 11.2. The Morgan fingerprint density at radius 2 is 1.79 bits per heavy atom. The van der Waals surface area contributed by atoms with E-state index >= 15 is 0 Å². The fourth-order valence-corrected chi connectivity index (χ4v) is 2.47. The van der Waals surface area contributed by atoms with Crippen LogP contribution >= 0.6 is 0 Å². The first-order valence-corrected chi connectivity index (χ1v) is 7.48. The number of carboxylic acids is 2. The zero-order valence-corrected chi connectivity index (χ0v) is 13.4. The Labute approximate surface area is 139 Å². The van der Waals surface area contributed by atoms with Gasteiger partial charge < -0.3 is 26.0 Å². The number of aliphatic carboxylic acids is 2. The fraction of sp³-hybridized carbons (Fsp3) is 0.438. The van der Waals surface area contributed by atoms with Crippen molar-refractivity contribution in [3.63, 3.8) is 0 Å². The Balaban J connectivity index is 0.000000648. The lowest BCUT2D eigenvalue weighted by Crippen LogP contribution is -2.49. The average molecular weight is 338 g/mol. The third-order valence-electron chi connectivity index (χ3n) is 3.53. The van der Waals surface area contributed by atoms with Gasteiger partial charge in [0.1, 0.15) is 11.8 Å². The molecule has 0 radical (unpaired) electrons. The molecular formula is C16H22N2O6. The number of aromatic hydroxyl groups is 1. The molecule has 2 atom stereocenters. The monoisotopic (exact) mass is 338 g/mol. The predicted octanol–water partition coefficient (Wildman–Crippen LogP) is 0.428. The quantitative estimate of drug-likeness (QED) is 0.623. The van der Waals surface area contributed by atoms with Crippen molar-refractivity contribution >= 4 is 17.8 Å². The minimum Gasteiger partial charge on any atom is -0.508 e. The van der Waals surface area contributed by atoms with Crippen LogP contribution in [0.25, 0.3) is 0 Å². The minimum absolute atomic E-state index is 0.152. The first kappa shape index (κ1) is 19.4. The normalized spacial score (nSPS) is 17.6. The van der Waals surface area contributed by atoms with Crippen LogP contribution < -0.4 is 5.73 Å². The maximum Gasteiger partial charge on any atom is 0.326 e. The number of nitrogens with zero attached hydrogens (tertiary/aromatic N) is 1. The van der Waals surface area contributed by atoms with Crippen molar-refractivity contribution in [2.75, 3.05) is 6.54 Å². The molecule has 1 aliphatic rings. The van der Waals surface area contributed by atoms with Crippen LogP contribution in [0.5, 0.6) is 5.75 Å². The highest BCUT2D eigenvalue weighted by molar-refractivity contribution is 5.87. The SMILES string of the molecule is CC(=O)O.N[C@@H](Cc1ccc(O)cc1)C(=O)N1CCC[C@H]1C(=O)O. The third kappa shape index (κ3) is 5.88. The number of phenolic OH excluding ortho intramolecular Hbond substituents is 1. The molecule has 0 aromatic heterocycles. The van der Waals surface area contributed by atoms with Gasteiger partial charge in [0.15, 0.2) is 0 Å². The topological polar surface area (TPSA) is 141 Å². The molecule has 0 unspecified atom stereocenters. The van der Waals surface area contributed by atoms with Crippen molar-refractivity contribution in [1.82, 2.24) is 4.90 Å². The molecule has 1 aromatic rings. The van der Waals surface area contributed by atoms with Gasteiger partial charge in [-0.05, 0) is 37.0 Å². The molecule has 1 saturated heterocycles. The highest BCUT2D eigenvalue weighted by Crippen LogP contribution is 2.19. The van der Waals surface area contributed by atoms with Crippen molar-refractivity contribution in [2.24, 2.45) is 5.73 Å². The molecule has 2 rings (SSSR count). The van der Waals surface area contributed by atoms with Crippen LogP contribution in [-0.2, 0) is 20.8 Å². The summed E-state index contributed by atoms with van der Waals surface area (Å²) < 4.78 is 0. The van der Waals surface area contributed by atoms with Gasteiger partial charge in [-0.1, -0.05) is 12.1 Å². The number of likely N-dealkylation sites (tertiary alicyclic amines) is 1. The van der Waals surface area contributed by atoms with E-state index in [1.807, 2.05) is 0 Å². The standard InChI is InChI=1S/C14H18N2O4.C2H4O2/c15-11(8-9-3-5-10(17)6-4-9)13(18)16-7-1-2-12(16)14(19)20;1-2(3)4/h3-6,11-12,17H,1-2,7-8,15H2,(H,19,20);1H3,(H,3,4)/t11-,12-;/m0./s1. The van der Waals surface area contributed by atoms with Crippen LogP contribution in [0.2, 0.25) is 0 Å². The Hall–Kier alpha value is -2.61. The zero-order chi connectivity index (χ0) is 18.3. The van der Waals surface area contributed by atoms with Gasteiger partial charge in [-0.15, -0.1) is 0 Å². The number of nitrogens with two attached hydrogens (primary N) is 1. The summed E-state index contributed by atoms with van der Waals surface area (Å²) in [7, 11) is 0. The lowest BCUT2D eigenvalue weighted by molar-refractivity contribution is -0.148. The minimum atomic E-state index is -0.979. The first-order valence-electron chi connectivity index (χ1n) is 7.48. The van der Waals surface area contributed by atoms with Gasteiger partial charge in [0.25, 0.3) is 5.97 Å². The lowest BCUT2D eigenvalue weighted by atomic mass is 10.0. The van der Waals surface area contributed by atoms with Crippen LogP contribution in [0.4, 0.5) is 0 Å². The van der Waals surface area contributed by atoms with E-state index in [4.69, 9.17) is 20.7 Å². The van der Waals surface area contributed by atoms with Gasteiger partial charge in [0.05, 0.1) is 6.04 Å². The summed E-state index contributed by atoms with van der Waals surface area (Å²) in [6, 6.07) is 4.93. The molecule has 1 heterocycles. The van der Waals surface area contributed by atoms with Crippen molar-refractivity contribution in [1.29, 1.82) is 0 Å². The van der Waals surface area contributed by atoms with Crippen LogP contribution in [-0.4, -0.2) is 56.7 Å². The van der Waals surface area contributed by atoms with E-state index in [1.54, 1.807) is 12.1 Å². The molecular weight excluding hydrogens is 316 g/mol. The van der Waals surface area contributed by atoms with Crippen molar-refractivity contribution in [3.05, 3.63) is 29.8 Å². The number of hydrogen-bond donors (Lipinski definition) is 4. The van der Waals surface area contributed by atoms with Gasteiger partial charge in [0.2, 0.25) is 5.91 Å². The number of carbonyl (C=O) groups excluding carboxylic acids is 1. The summed E-state index contributed by atoms with van der Waals surface area (Å²) in [5, 5.41) is 25.7. The van der Waals surface area contributed by atoms with Gasteiger partial charge in [-0.2, -0.15) is 0 Å². The number of rotatable bonds is 4. The van der Waals surface area contributed by atoms with Crippen LogP contribution in [0, 0.1) is 0 Å². The number of benzene rings is 1. The van der Waals surface area contributed by atoms with Crippen molar-refractivity contribution in [3.8, 4) is 5.75 Å². The Morgan fingerprint density at radius 1 is 1.25 bits per heavy atom. The molecule has 1 aliphatic heterocycles. The summed E-state index contributed by atoms with van der Waals surface area (Å²) in [5.74, 6) is -1.99. The van der Waals surface area contributed by atoms with Gasteiger partial charge in [0, 0.05) is 13.5 Å². The highest BCUT2D eigenvalue weighted by Gasteiger charge is 2.35. The molecule has 0 bridgehead atoms. The van der Waals surface area contributed by atoms with E-state index < -0.39 is 24.0 Å². The second-order valence-electron chi connectivity index (χ2n) is 5.52. The Morgan fingerprint density at radius 3 is 2.29 bits per heavy atom. The van der Waals surface area contributed by atoms with Crippen molar-refractivity contribution < 1.29 is 29.7 Å². The summed E-state index contributed by atoms with van der Waals surface area (Å²) in [4.78, 5) is 33.6. The number of carboxylic acid groups (broad SMARTS) is 2. The van der Waals surface area contributed by atoms with Crippen LogP contribution in [0.1, 0.15) is 25.3 Å². The molecule has 1 fully saturated rings. The zero-order valence-electron chi connectivity index (χ0n) is 13.4. The molecule has 1 aromatic carbocycles. The highest BCUT2D eigenvalue weighted by atomic mass is 16.4. The van der Waals surface area contributed by atoms with E-state index in [2.05, 4.69) is 0 Å².